The standard InChI is InChI=1S/C11H17N4O/c1-8-11(2,3)15(6-7-16-8)10-5-4-9(12)13-14-10/h5,8H,6-7H2,1-3H3,(H2,12,13). The van der Waals surface area contributed by atoms with Gasteiger partial charge >= 0.3 is 0 Å². The topological polar surface area (TPSA) is 64.3 Å². The number of hydrogen-bond acceptors (Lipinski definition) is 5. The fourth-order valence-electron chi connectivity index (χ4n) is 1.88. The molecule has 5 nitrogen and oxygen atoms in total. The minimum absolute atomic E-state index is 0.100. The highest BCUT2D eigenvalue weighted by atomic mass is 16.5. The van der Waals surface area contributed by atoms with Crippen LogP contribution in [0.25, 0.3) is 0 Å². The van der Waals surface area contributed by atoms with E-state index in [1.807, 2.05) is 0 Å². The number of aromatic nitrogens is 2. The molecule has 1 aromatic rings. The number of anilines is 2. The maximum absolute atomic E-state index is 5.64. The van der Waals surface area contributed by atoms with E-state index in [1.165, 1.54) is 0 Å². The average molecular weight is 221 g/mol. The molecule has 0 bridgehead atoms. The second-order valence-electron chi connectivity index (χ2n) is 4.55. The van der Waals surface area contributed by atoms with E-state index in [-0.39, 0.29) is 11.6 Å². The Balaban J connectivity index is 2.28. The van der Waals surface area contributed by atoms with Crippen LogP contribution in [0.15, 0.2) is 6.07 Å². The first-order chi connectivity index (χ1) is 7.51. The van der Waals surface area contributed by atoms with Crippen molar-refractivity contribution in [2.75, 3.05) is 23.8 Å². The molecule has 1 radical (unpaired) electrons. The Bertz CT molecular complexity index is 363. The van der Waals surface area contributed by atoms with Gasteiger partial charge in [-0.05, 0) is 26.8 Å². The van der Waals surface area contributed by atoms with Crippen molar-refractivity contribution in [1.29, 1.82) is 0 Å². The normalized spacial score (nSPS) is 24.4. The van der Waals surface area contributed by atoms with Gasteiger partial charge in [-0.15, -0.1) is 10.2 Å². The Hall–Kier alpha value is -1.36. The Morgan fingerprint density at radius 3 is 2.94 bits per heavy atom. The highest BCUT2D eigenvalue weighted by Crippen LogP contribution is 2.29. The molecule has 2 N–H and O–H groups in total. The van der Waals surface area contributed by atoms with Gasteiger partial charge in [0.15, 0.2) is 11.6 Å². The lowest BCUT2D eigenvalue weighted by Crippen LogP contribution is -2.58. The van der Waals surface area contributed by atoms with Crippen LogP contribution in [0.1, 0.15) is 20.8 Å². The highest BCUT2D eigenvalue weighted by molar-refractivity contribution is 5.44. The Morgan fingerprint density at radius 2 is 2.31 bits per heavy atom. The van der Waals surface area contributed by atoms with Gasteiger partial charge in [0.05, 0.1) is 18.2 Å². The fourth-order valence-corrected chi connectivity index (χ4v) is 1.88. The van der Waals surface area contributed by atoms with Gasteiger partial charge in [-0.1, -0.05) is 0 Å². The van der Waals surface area contributed by atoms with Crippen LogP contribution in [0, 0.1) is 6.07 Å². The summed E-state index contributed by atoms with van der Waals surface area (Å²) in [7, 11) is 0. The zero-order valence-electron chi connectivity index (χ0n) is 9.90. The van der Waals surface area contributed by atoms with Crippen LogP contribution >= 0.6 is 0 Å². The Kier molecular flexibility index (Phi) is 2.71. The summed E-state index contributed by atoms with van der Waals surface area (Å²) in [6, 6.07) is 4.65. The van der Waals surface area contributed by atoms with E-state index in [4.69, 9.17) is 10.5 Å². The molecule has 0 saturated carbocycles. The van der Waals surface area contributed by atoms with E-state index in [1.54, 1.807) is 6.07 Å². The number of morpholine rings is 1. The number of hydrogen-bond donors (Lipinski definition) is 1. The molecule has 1 saturated heterocycles. The van der Waals surface area contributed by atoms with E-state index >= 15 is 0 Å². The Morgan fingerprint density at radius 1 is 1.56 bits per heavy atom. The molecule has 1 fully saturated rings. The van der Waals surface area contributed by atoms with Crippen LogP contribution in [0.2, 0.25) is 0 Å². The zero-order valence-corrected chi connectivity index (χ0v) is 9.90. The van der Waals surface area contributed by atoms with Gasteiger partial charge in [0.1, 0.15) is 0 Å². The van der Waals surface area contributed by atoms with E-state index in [0.29, 0.717) is 12.4 Å². The van der Waals surface area contributed by atoms with Crippen LogP contribution in [-0.2, 0) is 4.74 Å². The predicted octanol–water partition coefficient (Wildman–Crippen LogP) is 0.863. The molecule has 1 aromatic heterocycles. The van der Waals surface area contributed by atoms with E-state index in [9.17, 15) is 0 Å². The molecule has 0 aliphatic carbocycles. The minimum atomic E-state index is -0.100. The number of nitrogen functional groups attached to an aromatic ring is 1. The highest BCUT2D eigenvalue weighted by Gasteiger charge is 2.37. The Labute approximate surface area is 95.6 Å². The summed E-state index contributed by atoms with van der Waals surface area (Å²) in [4.78, 5) is 2.18. The molecule has 2 heterocycles. The summed E-state index contributed by atoms with van der Waals surface area (Å²) < 4.78 is 5.64. The first kappa shape index (κ1) is 11.1. The second kappa shape index (κ2) is 3.90. The molecule has 0 amide bonds. The third-order valence-electron chi connectivity index (χ3n) is 3.26. The number of ether oxygens (including phenoxy) is 1. The lowest BCUT2D eigenvalue weighted by atomic mass is 9.94. The molecule has 1 aliphatic heterocycles. The number of rotatable bonds is 1. The molecule has 87 valence electrons. The largest absolute Gasteiger partial charge is 0.382 e. The smallest absolute Gasteiger partial charge is 0.154 e. The van der Waals surface area contributed by atoms with Crippen molar-refractivity contribution in [3.05, 3.63) is 12.1 Å². The molecule has 0 spiro atoms. The summed E-state index contributed by atoms with van der Waals surface area (Å²) in [6.45, 7) is 7.85. The summed E-state index contributed by atoms with van der Waals surface area (Å²) in [6.07, 6.45) is 0.153. The minimum Gasteiger partial charge on any atom is -0.382 e. The van der Waals surface area contributed by atoms with Crippen LogP contribution in [0.5, 0.6) is 0 Å². The van der Waals surface area contributed by atoms with E-state index in [0.717, 1.165) is 12.4 Å². The summed E-state index contributed by atoms with van der Waals surface area (Å²) in [5.41, 5.74) is 5.38. The van der Waals surface area contributed by atoms with Crippen molar-refractivity contribution >= 4 is 11.6 Å². The number of nitrogens with zero attached hydrogens (tertiary/aromatic N) is 3. The second-order valence-corrected chi connectivity index (χ2v) is 4.55. The number of nitrogens with two attached hydrogens (primary N) is 1. The average Bonchev–Trinajstić information content (AvgIpc) is 2.24. The van der Waals surface area contributed by atoms with Crippen LogP contribution < -0.4 is 10.6 Å². The zero-order chi connectivity index (χ0) is 11.8. The molecular weight excluding hydrogens is 204 g/mol. The summed E-state index contributed by atoms with van der Waals surface area (Å²) >= 11 is 0. The SMILES string of the molecule is CC1OCCN(c2c[c]c(N)nn2)C1(C)C. The molecule has 16 heavy (non-hydrogen) atoms. The molecule has 0 aromatic carbocycles. The van der Waals surface area contributed by atoms with Crippen molar-refractivity contribution in [3.63, 3.8) is 0 Å². The van der Waals surface area contributed by atoms with E-state index < -0.39 is 0 Å². The molecule has 1 unspecified atom stereocenters. The van der Waals surface area contributed by atoms with Gasteiger partial charge in [-0.25, -0.2) is 0 Å². The van der Waals surface area contributed by atoms with Crippen molar-refractivity contribution in [3.8, 4) is 0 Å². The maximum Gasteiger partial charge on any atom is 0.154 e. The molecule has 1 atom stereocenters. The van der Waals surface area contributed by atoms with Crippen molar-refractivity contribution in [2.45, 2.75) is 32.4 Å². The fraction of sp³-hybridized carbons (Fsp3) is 0.636. The summed E-state index contributed by atoms with van der Waals surface area (Å²) in [5, 5.41) is 7.93. The summed E-state index contributed by atoms with van der Waals surface area (Å²) in [5.74, 6) is 1.12. The van der Waals surface area contributed by atoms with Crippen LogP contribution in [0.3, 0.4) is 0 Å². The van der Waals surface area contributed by atoms with Gasteiger partial charge < -0.3 is 15.4 Å². The molecule has 5 heteroatoms. The van der Waals surface area contributed by atoms with Gasteiger partial charge in [0.2, 0.25) is 0 Å². The lowest BCUT2D eigenvalue weighted by molar-refractivity contribution is -0.00675. The van der Waals surface area contributed by atoms with E-state index in [2.05, 4.69) is 41.9 Å². The van der Waals surface area contributed by atoms with Crippen molar-refractivity contribution < 1.29 is 4.74 Å². The maximum atomic E-state index is 5.64. The third-order valence-corrected chi connectivity index (χ3v) is 3.26. The third kappa shape index (κ3) is 1.82. The molecular formula is C11H17N4O. The van der Waals surface area contributed by atoms with Crippen LogP contribution in [-0.4, -0.2) is 35.0 Å². The quantitative estimate of drug-likeness (QED) is 0.762. The predicted molar refractivity (Wildman–Crippen MR) is 62.1 cm³/mol. The van der Waals surface area contributed by atoms with Crippen LogP contribution in [0.4, 0.5) is 11.6 Å². The lowest BCUT2D eigenvalue weighted by Gasteiger charge is -2.46. The van der Waals surface area contributed by atoms with Gasteiger partial charge in [-0.2, -0.15) is 0 Å². The monoisotopic (exact) mass is 221 g/mol. The van der Waals surface area contributed by atoms with Crippen molar-refractivity contribution in [1.82, 2.24) is 10.2 Å². The first-order valence-corrected chi connectivity index (χ1v) is 5.42. The van der Waals surface area contributed by atoms with Gasteiger partial charge in [0, 0.05) is 12.6 Å². The molecule has 1 aliphatic rings. The van der Waals surface area contributed by atoms with Gasteiger partial charge in [-0.3, -0.25) is 0 Å². The first-order valence-electron chi connectivity index (χ1n) is 5.42. The van der Waals surface area contributed by atoms with Gasteiger partial charge in [0.25, 0.3) is 0 Å². The molecule has 2 rings (SSSR count). The van der Waals surface area contributed by atoms with Crippen molar-refractivity contribution in [2.24, 2.45) is 0 Å².